The van der Waals surface area contributed by atoms with Crippen LogP contribution in [0, 0.1) is 6.92 Å². The first-order chi connectivity index (χ1) is 7.47. The molecule has 0 saturated carbocycles. The summed E-state index contributed by atoms with van der Waals surface area (Å²) in [5.74, 6) is 1.44. The molecular weight excluding hydrogens is 200 g/mol. The molecule has 0 aliphatic heterocycles. The van der Waals surface area contributed by atoms with E-state index in [4.69, 9.17) is 4.74 Å². The van der Waals surface area contributed by atoms with Crippen LogP contribution >= 0.6 is 0 Å². The summed E-state index contributed by atoms with van der Waals surface area (Å²) >= 11 is 0. The van der Waals surface area contributed by atoms with Crippen LogP contribution < -0.4 is 4.74 Å². The summed E-state index contributed by atoms with van der Waals surface area (Å²) in [4.78, 5) is 11.3. The second-order valence-corrected chi connectivity index (χ2v) is 4.52. The molecule has 0 bridgehead atoms. The molecule has 88 valence electrons. The smallest absolute Gasteiger partial charge is 0.134 e. The van der Waals surface area contributed by atoms with Gasteiger partial charge in [0.05, 0.1) is 7.11 Å². The molecule has 2 heteroatoms. The van der Waals surface area contributed by atoms with E-state index >= 15 is 0 Å². The van der Waals surface area contributed by atoms with Gasteiger partial charge in [0, 0.05) is 12.0 Å². The summed E-state index contributed by atoms with van der Waals surface area (Å²) in [6, 6.07) is 4.15. The van der Waals surface area contributed by atoms with Crippen molar-refractivity contribution in [1.82, 2.24) is 0 Å². The number of benzene rings is 1. The van der Waals surface area contributed by atoms with Crippen molar-refractivity contribution in [3.05, 3.63) is 28.8 Å². The molecule has 0 fully saturated rings. The highest BCUT2D eigenvalue weighted by Gasteiger charge is 2.15. The first-order valence-electron chi connectivity index (χ1n) is 5.63. The van der Waals surface area contributed by atoms with E-state index in [-0.39, 0.29) is 5.78 Å². The van der Waals surface area contributed by atoms with E-state index in [0.29, 0.717) is 12.3 Å². The predicted molar refractivity (Wildman–Crippen MR) is 66.2 cm³/mol. The standard InChI is InChI=1S/C14H20O2/c1-9(2)12-7-6-10(3)14(16-5)13(12)8-11(4)15/h6-7,9H,8H2,1-5H3. The normalized spacial score (nSPS) is 10.6. The summed E-state index contributed by atoms with van der Waals surface area (Å²) in [6.07, 6.45) is 0.457. The van der Waals surface area contributed by atoms with Gasteiger partial charge < -0.3 is 4.74 Å². The fourth-order valence-electron chi connectivity index (χ4n) is 2.02. The van der Waals surface area contributed by atoms with Gasteiger partial charge in [-0.2, -0.15) is 0 Å². The molecule has 0 unspecified atom stereocenters. The number of hydrogen-bond acceptors (Lipinski definition) is 2. The van der Waals surface area contributed by atoms with Gasteiger partial charge in [0.25, 0.3) is 0 Å². The van der Waals surface area contributed by atoms with E-state index in [0.717, 1.165) is 16.9 Å². The molecule has 0 atom stereocenters. The van der Waals surface area contributed by atoms with Crippen LogP contribution in [0.2, 0.25) is 0 Å². The molecule has 0 aliphatic rings. The monoisotopic (exact) mass is 220 g/mol. The average Bonchev–Trinajstić information content (AvgIpc) is 2.16. The molecular formula is C14H20O2. The van der Waals surface area contributed by atoms with Crippen LogP contribution in [0.5, 0.6) is 5.75 Å². The molecule has 1 aromatic carbocycles. The van der Waals surface area contributed by atoms with E-state index < -0.39 is 0 Å². The number of carbonyl (C=O) groups excluding carboxylic acids is 1. The number of rotatable bonds is 4. The van der Waals surface area contributed by atoms with Crippen molar-refractivity contribution in [2.24, 2.45) is 0 Å². The minimum Gasteiger partial charge on any atom is -0.496 e. The van der Waals surface area contributed by atoms with E-state index in [9.17, 15) is 4.79 Å². The Hall–Kier alpha value is -1.31. The van der Waals surface area contributed by atoms with Crippen LogP contribution in [-0.2, 0) is 11.2 Å². The van der Waals surface area contributed by atoms with Crippen LogP contribution in [0.15, 0.2) is 12.1 Å². The number of ketones is 1. The summed E-state index contributed by atoms with van der Waals surface area (Å²) in [7, 11) is 1.66. The summed E-state index contributed by atoms with van der Waals surface area (Å²) in [6.45, 7) is 7.89. The summed E-state index contributed by atoms with van der Waals surface area (Å²) in [5, 5.41) is 0. The van der Waals surface area contributed by atoms with E-state index in [1.165, 1.54) is 5.56 Å². The van der Waals surface area contributed by atoms with E-state index in [1.807, 2.05) is 6.92 Å². The zero-order valence-corrected chi connectivity index (χ0v) is 10.8. The average molecular weight is 220 g/mol. The Morgan fingerprint density at radius 1 is 1.38 bits per heavy atom. The van der Waals surface area contributed by atoms with Crippen molar-refractivity contribution in [3.8, 4) is 5.75 Å². The lowest BCUT2D eigenvalue weighted by atomic mass is 9.92. The Morgan fingerprint density at radius 2 is 2.00 bits per heavy atom. The van der Waals surface area contributed by atoms with Crippen molar-refractivity contribution in [1.29, 1.82) is 0 Å². The molecule has 1 aromatic rings. The third-order valence-electron chi connectivity index (χ3n) is 2.75. The highest BCUT2D eigenvalue weighted by atomic mass is 16.5. The quantitative estimate of drug-likeness (QED) is 0.778. The van der Waals surface area contributed by atoms with Crippen LogP contribution in [0.1, 0.15) is 43.4 Å². The molecule has 0 spiro atoms. The largest absolute Gasteiger partial charge is 0.496 e. The number of aryl methyl sites for hydroxylation is 1. The third kappa shape index (κ3) is 2.63. The van der Waals surface area contributed by atoms with Crippen molar-refractivity contribution in [3.63, 3.8) is 0 Å². The maximum Gasteiger partial charge on any atom is 0.134 e. The van der Waals surface area contributed by atoms with Gasteiger partial charge in [0.1, 0.15) is 11.5 Å². The van der Waals surface area contributed by atoms with Gasteiger partial charge in [-0.1, -0.05) is 26.0 Å². The molecule has 0 heterocycles. The lowest BCUT2D eigenvalue weighted by Crippen LogP contribution is -2.06. The summed E-state index contributed by atoms with van der Waals surface area (Å²) in [5.41, 5.74) is 3.34. The zero-order valence-electron chi connectivity index (χ0n) is 10.8. The number of Topliss-reactive ketones (excluding diaryl/α,β-unsaturated/α-hetero) is 1. The second kappa shape index (κ2) is 5.15. The van der Waals surface area contributed by atoms with Crippen LogP contribution in [0.25, 0.3) is 0 Å². The van der Waals surface area contributed by atoms with Gasteiger partial charge in [0.2, 0.25) is 0 Å². The first kappa shape index (κ1) is 12.8. The second-order valence-electron chi connectivity index (χ2n) is 4.52. The van der Waals surface area contributed by atoms with Gasteiger partial charge in [-0.05, 0) is 30.9 Å². The Labute approximate surface area is 97.6 Å². The Bertz CT molecular complexity index is 392. The first-order valence-corrected chi connectivity index (χ1v) is 5.63. The lowest BCUT2D eigenvalue weighted by molar-refractivity contribution is -0.116. The molecule has 0 saturated heterocycles. The summed E-state index contributed by atoms with van der Waals surface area (Å²) < 4.78 is 5.42. The van der Waals surface area contributed by atoms with E-state index in [1.54, 1.807) is 14.0 Å². The number of carbonyl (C=O) groups is 1. The Morgan fingerprint density at radius 3 is 2.44 bits per heavy atom. The highest BCUT2D eigenvalue weighted by molar-refractivity contribution is 5.79. The Kier molecular flexibility index (Phi) is 4.11. The molecule has 16 heavy (non-hydrogen) atoms. The van der Waals surface area contributed by atoms with Gasteiger partial charge in [-0.25, -0.2) is 0 Å². The van der Waals surface area contributed by atoms with Gasteiger partial charge in [0.15, 0.2) is 0 Å². The number of methoxy groups -OCH3 is 1. The van der Waals surface area contributed by atoms with Crippen LogP contribution in [0.3, 0.4) is 0 Å². The predicted octanol–water partition coefficient (Wildman–Crippen LogP) is 3.26. The van der Waals surface area contributed by atoms with Crippen molar-refractivity contribution >= 4 is 5.78 Å². The molecule has 0 amide bonds. The van der Waals surface area contributed by atoms with Crippen molar-refractivity contribution in [2.75, 3.05) is 7.11 Å². The van der Waals surface area contributed by atoms with Gasteiger partial charge in [-0.3, -0.25) is 4.79 Å². The van der Waals surface area contributed by atoms with E-state index in [2.05, 4.69) is 26.0 Å². The topological polar surface area (TPSA) is 26.3 Å². The van der Waals surface area contributed by atoms with Crippen LogP contribution in [0.4, 0.5) is 0 Å². The third-order valence-corrected chi connectivity index (χ3v) is 2.75. The molecule has 1 rings (SSSR count). The minimum atomic E-state index is 0.172. The Balaban J connectivity index is 3.34. The number of ether oxygens (including phenoxy) is 1. The molecule has 2 nitrogen and oxygen atoms in total. The van der Waals surface area contributed by atoms with Crippen molar-refractivity contribution in [2.45, 2.75) is 40.0 Å². The molecule has 0 aliphatic carbocycles. The van der Waals surface area contributed by atoms with Crippen LogP contribution in [-0.4, -0.2) is 12.9 Å². The number of hydrogen-bond donors (Lipinski definition) is 0. The SMILES string of the molecule is COc1c(C)ccc(C(C)C)c1CC(C)=O. The molecule has 0 aromatic heterocycles. The van der Waals surface area contributed by atoms with Gasteiger partial charge in [-0.15, -0.1) is 0 Å². The molecule has 0 radical (unpaired) electrons. The lowest BCUT2D eigenvalue weighted by Gasteiger charge is -2.17. The van der Waals surface area contributed by atoms with Crippen molar-refractivity contribution < 1.29 is 9.53 Å². The fourth-order valence-corrected chi connectivity index (χ4v) is 2.02. The maximum absolute atomic E-state index is 11.3. The minimum absolute atomic E-state index is 0.172. The molecule has 0 N–H and O–H groups in total. The fraction of sp³-hybridized carbons (Fsp3) is 0.500. The highest BCUT2D eigenvalue weighted by Crippen LogP contribution is 2.31. The van der Waals surface area contributed by atoms with Gasteiger partial charge >= 0.3 is 0 Å². The zero-order chi connectivity index (χ0) is 12.3. The maximum atomic E-state index is 11.3.